The molecule has 1 aliphatic rings. The lowest BCUT2D eigenvalue weighted by Gasteiger charge is -2.06. The highest BCUT2D eigenvalue weighted by Crippen LogP contribution is 2.24. The van der Waals surface area contributed by atoms with Crippen molar-refractivity contribution in [3.05, 3.63) is 36.2 Å². The maximum atomic E-state index is 11.7. The molecule has 2 heterocycles. The predicted octanol–water partition coefficient (Wildman–Crippen LogP) is 1.70. The molecule has 0 amide bonds. The Hall–Kier alpha value is -1.87. The predicted molar refractivity (Wildman–Crippen MR) is 89.0 cm³/mol. The first kappa shape index (κ1) is 17.0. The highest BCUT2D eigenvalue weighted by atomic mass is 32.2. The third-order valence-corrected chi connectivity index (χ3v) is 6.73. The molecule has 1 saturated heterocycles. The van der Waals surface area contributed by atoms with Crippen molar-refractivity contribution in [1.29, 1.82) is 0 Å². The molecule has 0 N–H and O–H groups in total. The Bertz CT molecular complexity index is 804. The molecule has 1 aliphatic heterocycles. The summed E-state index contributed by atoms with van der Waals surface area (Å²) in [6.07, 6.45) is 0.588. The molecule has 2 aromatic rings. The van der Waals surface area contributed by atoms with E-state index < -0.39 is 15.8 Å². The van der Waals surface area contributed by atoms with Gasteiger partial charge >= 0.3 is 5.97 Å². The zero-order chi connectivity index (χ0) is 17.0. The molecular weight excluding hydrogens is 352 g/mol. The third kappa shape index (κ3) is 4.57. The van der Waals surface area contributed by atoms with Gasteiger partial charge in [-0.1, -0.05) is 18.2 Å². The normalized spacial score (nSPS) is 19.2. The quantitative estimate of drug-likeness (QED) is 0.711. The number of rotatable bonds is 6. The Morgan fingerprint density at radius 3 is 2.79 bits per heavy atom. The summed E-state index contributed by atoms with van der Waals surface area (Å²) in [5.74, 6) is 0.602. The van der Waals surface area contributed by atoms with Gasteiger partial charge in [-0.2, -0.15) is 0 Å². The lowest BCUT2D eigenvalue weighted by molar-refractivity contribution is -0.142. The van der Waals surface area contributed by atoms with Crippen molar-refractivity contribution >= 4 is 27.6 Å². The van der Waals surface area contributed by atoms with Crippen LogP contribution < -0.4 is 0 Å². The number of thioether (sulfide) groups is 1. The average Bonchev–Trinajstić information content (AvgIpc) is 3.18. The van der Waals surface area contributed by atoms with Crippen LogP contribution in [0.1, 0.15) is 12.3 Å². The Labute approximate surface area is 143 Å². The second kappa shape index (κ2) is 7.35. The number of nitrogens with zero attached hydrogens (tertiary/aromatic N) is 2. The van der Waals surface area contributed by atoms with Gasteiger partial charge in [0.1, 0.15) is 0 Å². The van der Waals surface area contributed by atoms with Gasteiger partial charge in [0.25, 0.3) is 5.89 Å². The highest BCUT2D eigenvalue weighted by molar-refractivity contribution is 8.02. The zero-order valence-electron chi connectivity index (χ0n) is 12.8. The minimum Gasteiger partial charge on any atom is -0.455 e. The molecule has 0 spiro atoms. The fraction of sp³-hybridized carbons (Fsp3) is 0.400. The summed E-state index contributed by atoms with van der Waals surface area (Å²) < 4.78 is 33.2. The number of carbonyl (C=O) groups is 1. The number of carbonyl (C=O) groups excluding carboxylic acids is 1. The van der Waals surface area contributed by atoms with Gasteiger partial charge in [-0.05, 0) is 18.6 Å². The fourth-order valence-corrected chi connectivity index (χ4v) is 5.71. The largest absolute Gasteiger partial charge is 0.455 e. The second-order valence-electron chi connectivity index (χ2n) is 5.36. The van der Waals surface area contributed by atoms with Gasteiger partial charge in [-0.3, -0.25) is 4.79 Å². The van der Waals surface area contributed by atoms with E-state index in [0.29, 0.717) is 12.3 Å². The van der Waals surface area contributed by atoms with Crippen LogP contribution in [-0.4, -0.2) is 47.1 Å². The maximum absolute atomic E-state index is 11.7. The van der Waals surface area contributed by atoms with Crippen LogP contribution in [0, 0.1) is 0 Å². The molecule has 1 aromatic carbocycles. The molecular formula is C15H16N2O5S2. The van der Waals surface area contributed by atoms with Gasteiger partial charge in [0.2, 0.25) is 5.89 Å². The lowest BCUT2D eigenvalue weighted by atomic mass is 10.2. The first-order valence-electron chi connectivity index (χ1n) is 7.37. The number of sulfone groups is 1. The van der Waals surface area contributed by atoms with E-state index >= 15 is 0 Å². The molecule has 24 heavy (non-hydrogen) atoms. The van der Waals surface area contributed by atoms with Gasteiger partial charge in [0.05, 0.1) is 17.3 Å². The molecule has 9 heteroatoms. The minimum absolute atomic E-state index is 0.0318. The fourth-order valence-electron chi connectivity index (χ4n) is 2.27. The molecule has 1 aromatic heterocycles. The topological polar surface area (TPSA) is 99.4 Å². The Morgan fingerprint density at radius 1 is 1.29 bits per heavy atom. The Kier molecular flexibility index (Phi) is 5.20. The number of esters is 1. The van der Waals surface area contributed by atoms with Crippen molar-refractivity contribution in [2.75, 3.05) is 17.3 Å². The van der Waals surface area contributed by atoms with E-state index in [0.717, 1.165) is 5.56 Å². The molecule has 0 bridgehead atoms. The maximum Gasteiger partial charge on any atom is 0.316 e. The van der Waals surface area contributed by atoms with Crippen molar-refractivity contribution in [1.82, 2.24) is 10.2 Å². The van der Waals surface area contributed by atoms with Crippen molar-refractivity contribution < 1.29 is 22.4 Å². The van der Waals surface area contributed by atoms with Crippen molar-refractivity contribution in [2.45, 2.75) is 18.3 Å². The molecule has 0 aliphatic carbocycles. The van der Waals surface area contributed by atoms with E-state index in [9.17, 15) is 13.2 Å². The van der Waals surface area contributed by atoms with Crippen LogP contribution in [0.25, 0.3) is 11.5 Å². The van der Waals surface area contributed by atoms with Crippen molar-refractivity contribution in [3.63, 3.8) is 0 Å². The number of hydrogen-bond donors (Lipinski definition) is 0. The van der Waals surface area contributed by atoms with Crippen LogP contribution in [0.15, 0.2) is 34.7 Å². The van der Waals surface area contributed by atoms with Crippen LogP contribution in [0.3, 0.4) is 0 Å². The monoisotopic (exact) mass is 368 g/mol. The SMILES string of the molecule is O=C(CS[C@@H]1CCS(=O)(=O)C1)OCc1nnc(-c2ccccc2)o1. The summed E-state index contributed by atoms with van der Waals surface area (Å²) in [5, 5.41) is 7.72. The molecule has 3 rings (SSSR count). The molecule has 0 saturated carbocycles. The summed E-state index contributed by atoms with van der Waals surface area (Å²) >= 11 is 1.31. The standard InChI is InChI=1S/C15H16N2O5S2/c18-14(9-23-12-6-7-24(19,20)10-12)21-8-13-16-17-15(22-13)11-4-2-1-3-5-11/h1-5,12H,6-10H2/t12-/m1/s1. The second-order valence-corrected chi connectivity index (χ2v) is 8.88. The first-order valence-corrected chi connectivity index (χ1v) is 10.2. The van der Waals surface area contributed by atoms with E-state index in [4.69, 9.17) is 9.15 Å². The van der Waals surface area contributed by atoms with Gasteiger partial charge in [0, 0.05) is 10.8 Å². The summed E-state index contributed by atoms with van der Waals surface area (Å²) in [4.78, 5) is 11.7. The number of ether oxygens (including phenoxy) is 1. The molecule has 1 fully saturated rings. The van der Waals surface area contributed by atoms with Crippen LogP contribution in [-0.2, 0) is 26.0 Å². The summed E-state index contributed by atoms with van der Waals surface area (Å²) in [5.41, 5.74) is 0.792. The van der Waals surface area contributed by atoms with E-state index in [2.05, 4.69) is 10.2 Å². The first-order chi connectivity index (χ1) is 11.5. The van der Waals surface area contributed by atoms with Crippen LogP contribution in [0.5, 0.6) is 0 Å². The van der Waals surface area contributed by atoms with Gasteiger partial charge in [0.15, 0.2) is 16.4 Å². The van der Waals surface area contributed by atoms with Crippen LogP contribution >= 0.6 is 11.8 Å². The lowest BCUT2D eigenvalue weighted by Crippen LogP contribution is -2.12. The molecule has 0 radical (unpaired) electrons. The van der Waals surface area contributed by atoms with Crippen molar-refractivity contribution in [3.8, 4) is 11.5 Å². The van der Waals surface area contributed by atoms with E-state index in [1.54, 1.807) is 0 Å². The van der Waals surface area contributed by atoms with Gasteiger partial charge in [-0.15, -0.1) is 22.0 Å². The van der Waals surface area contributed by atoms with E-state index in [-0.39, 0.29) is 35.0 Å². The summed E-state index contributed by atoms with van der Waals surface area (Å²) in [7, 11) is -2.93. The molecule has 128 valence electrons. The highest BCUT2D eigenvalue weighted by Gasteiger charge is 2.28. The number of aromatic nitrogens is 2. The van der Waals surface area contributed by atoms with E-state index in [1.165, 1.54) is 11.8 Å². The summed E-state index contributed by atoms with van der Waals surface area (Å²) in [6, 6.07) is 9.29. The van der Waals surface area contributed by atoms with Gasteiger partial charge < -0.3 is 9.15 Å². The molecule has 0 unspecified atom stereocenters. The van der Waals surface area contributed by atoms with Crippen LogP contribution in [0.2, 0.25) is 0 Å². The van der Waals surface area contributed by atoms with Crippen molar-refractivity contribution in [2.24, 2.45) is 0 Å². The minimum atomic E-state index is -2.93. The summed E-state index contributed by atoms with van der Waals surface area (Å²) in [6.45, 7) is -0.0950. The number of benzene rings is 1. The smallest absolute Gasteiger partial charge is 0.316 e. The van der Waals surface area contributed by atoms with Gasteiger partial charge in [-0.25, -0.2) is 8.42 Å². The number of hydrogen-bond acceptors (Lipinski definition) is 8. The van der Waals surface area contributed by atoms with E-state index in [1.807, 2.05) is 30.3 Å². The average molecular weight is 368 g/mol. The zero-order valence-corrected chi connectivity index (χ0v) is 14.4. The molecule has 7 nitrogen and oxygen atoms in total. The third-order valence-electron chi connectivity index (χ3n) is 3.47. The van der Waals surface area contributed by atoms with Crippen LogP contribution in [0.4, 0.5) is 0 Å². The Morgan fingerprint density at radius 2 is 2.08 bits per heavy atom. The Balaban J connectivity index is 1.44. The molecule has 1 atom stereocenters.